The Morgan fingerprint density at radius 2 is 1.72 bits per heavy atom. The molecule has 0 aliphatic carbocycles. The van der Waals surface area contributed by atoms with Crippen molar-refractivity contribution in [2.45, 2.75) is 44.6 Å². The predicted octanol–water partition coefficient (Wildman–Crippen LogP) is 5.14. The van der Waals surface area contributed by atoms with Crippen LogP contribution in [-0.4, -0.2) is 71.3 Å². The third-order valence-corrected chi connectivity index (χ3v) is 7.24. The van der Waals surface area contributed by atoms with Crippen LogP contribution in [0.25, 0.3) is 5.57 Å². The van der Waals surface area contributed by atoms with Gasteiger partial charge < -0.3 is 14.5 Å². The molecule has 1 N–H and O–H groups in total. The standard InChI is InChI=1S/C29H35ClN4O2/c1-29(2,3)36-28(35)33-17-15-32(16-18-33)20-25-27(22-9-12-24(30)13-10-22)31-26-14-11-23(19-34(25)26)21-7-5-4-6-8-21/h4-14,19,25-27,31H,15-18,20H2,1-3H3. The molecule has 2 aromatic rings. The van der Waals surface area contributed by atoms with Gasteiger partial charge in [-0.1, -0.05) is 60.1 Å². The summed E-state index contributed by atoms with van der Waals surface area (Å²) in [6.07, 6.45) is 6.67. The van der Waals surface area contributed by atoms with Gasteiger partial charge in [-0.2, -0.15) is 0 Å². The Bertz CT molecular complexity index is 1120. The summed E-state index contributed by atoms with van der Waals surface area (Å²) in [5, 5.41) is 4.58. The topological polar surface area (TPSA) is 48.1 Å². The molecule has 0 spiro atoms. The van der Waals surface area contributed by atoms with Crippen LogP contribution < -0.4 is 5.32 Å². The number of piperazine rings is 1. The van der Waals surface area contributed by atoms with Gasteiger partial charge in [0, 0.05) is 43.9 Å². The molecule has 0 bridgehead atoms. The number of rotatable bonds is 4. The van der Waals surface area contributed by atoms with Crippen molar-refractivity contribution >= 4 is 23.3 Å². The average Bonchev–Trinajstić information content (AvgIpc) is 3.22. The van der Waals surface area contributed by atoms with Crippen molar-refractivity contribution in [3.63, 3.8) is 0 Å². The number of benzene rings is 2. The maximum Gasteiger partial charge on any atom is 0.410 e. The van der Waals surface area contributed by atoms with E-state index in [0.29, 0.717) is 13.1 Å². The van der Waals surface area contributed by atoms with Crippen LogP contribution in [0.4, 0.5) is 4.79 Å². The van der Waals surface area contributed by atoms with Crippen LogP contribution in [0.2, 0.25) is 5.02 Å². The van der Waals surface area contributed by atoms with Crippen molar-refractivity contribution in [1.29, 1.82) is 0 Å². The lowest BCUT2D eigenvalue weighted by Crippen LogP contribution is -2.53. The molecule has 7 heteroatoms. The van der Waals surface area contributed by atoms with E-state index in [1.54, 1.807) is 0 Å². The SMILES string of the molecule is CC(C)(C)OC(=O)N1CCN(CC2C(c3ccc(Cl)cc3)NC3C=CC(c4ccccc4)=CN32)CC1. The highest BCUT2D eigenvalue weighted by Gasteiger charge is 2.41. The number of hydrogen-bond acceptors (Lipinski definition) is 5. The lowest BCUT2D eigenvalue weighted by atomic mass is 9.98. The van der Waals surface area contributed by atoms with Crippen molar-refractivity contribution in [2.24, 2.45) is 0 Å². The van der Waals surface area contributed by atoms with E-state index < -0.39 is 5.60 Å². The van der Waals surface area contributed by atoms with Crippen LogP contribution in [-0.2, 0) is 4.74 Å². The number of halogens is 1. The summed E-state index contributed by atoms with van der Waals surface area (Å²) < 4.78 is 5.58. The van der Waals surface area contributed by atoms with Crippen LogP contribution in [0.5, 0.6) is 0 Å². The van der Waals surface area contributed by atoms with Gasteiger partial charge in [0.05, 0.1) is 18.2 Å². The molecule has 190 valence electrons. The van der Waals surface area contributed by atoms with Crippen LogP contribution in [0.15, 0.2) is 72.9 Å². The Morgan fingerprint density at radius 1 is 1.03 bits per heavy atom. The van der Waals surface area contributed by atoms with Crippen LogP contribution in [0, 0.1) is 0 Å². The van der Waals surface area contributed by atoms with Crippen molar-refractivity contribution in [3.05, 3.63) is 89.1 Å². The fourth-order valence-electron chi connectivity index (χ4n) is 5.18. The fraction of sp³-hybridized carbons (Fsp3) is 0.414. The molecular formula is C29H35ClN4O2. The van der Waals surface area contributed by atoms with E-state index in [4.69, 9.17) is 16.3 Å². The number of hydrogen-bond donors (Lipinski definition) is 1. The second-order valence-electron chi connectivity index (χ2n) is 10.7. The lowest BCUT2D eigenvalue weighted by Gasteiger charge is -2.39. The summed E-state index contributed by atoms with van der Waals surface area (Å²) in [6, 6.07) is 19.1. The molecule has 2 aromatic carbocycles. The van der Waals surface area contributed by atoms with E-state index in [9.17, 15) is 4.79 Å². The Morgan fingerprint density at radius 3 is 2.39 bits per heavy atom. The summed E-state index contributed by atoms with van der Waals surface area (Å²) in [6.45, 7) is 9.62. The van der Waals surface area contributed by atoms with Crippen LogP contribution in [0.3, 0.4) is 0 Å². The zero-order valence-corrected chi connectivity index (χ0v) is 22.0. The number of carbonyl (C=O) groups excluding carboxylic acids is 1. The summed E-state index contributed by atoms with van der Waals surface area (Å²) in [7, 11) is 0. The smallest absolute Gasteiger partial charge is 0.410 e. The number of nitrogens with one attached hydrogen (secondary N) is 1. The summed E-state index contributed by atoms with van der Waals surface area (Å²) >= 11 is 6.20. The van der Waals surface area contributed by atoms with Crippen molar-refractivity contribution in [2.75, 3.05) is 32.7 Å². The zero-order chi connectivity index (χ0) is 25.3. The molecule has 1 amide bonds. The highest BCUT2D eigenvalue weighted by Crippen LogP contribution is 2.35. The third-order valence-electron chi connectivity index (χ3n) is 6.99. The molecule has 3 unspecified atom stereocenters. The molecule has 0 aromatic heterocycles. The van der Waals surface area contributed by atoms with Gasteiger partial charge in [-0.25, -0.2) is 4.79 Å². The molecule has 3 aliphatic heterocycles. The molecule has 0 radical (unpaired) electrons. The van der Waals surface area contributed by atoms with Crippen LogP contribution >= 0.6 is 11.6 Å². The number of fused-ring (bicyclic) bond motifs is 1. The highest BCUT2D eigenvalue weighted by atomic mass is 35.5. The number of amides is 1. The molecular weight excluding hydrogens is 472 g/mol. The average molecular weight is 507 g/mol. The normalized spacial score (nSPS) is 24.4. The molecule has 36 heavy (non-hydrogen) atoms. The molecule has 5 rings (SSSR count). The number of carbonyl (C=O) groups is 1. The van der Waals surface area contributed by atoms with Gasteiger partial charge in [-0.3, -0.25) is 10.2 Å². The molecule has 3 atom stereocenters. The van der Waals surface area contributed by atoms with Gasteiger partial charge >= 0.3 is 6.09 Å². The lowest BCUT2D eigenvalue weighted by molar-refractivity contribution is 0.0128. The van der Waals surface area contributed by atoms with Crippen molar-refractivity contribution < 1.29 is 9.53 Å². The number of nitrogens with zero attached hydrogens (tertiary/aromatic N) is 3. The minimum atomic E-state index is -0.477. The molecule has 2 saturated heterocycles. The van der Waals surface area contributed by atoms with E-state index in [2.05, 4.69) is 69.9 Å². The molecule has 0 saturated carbocycles. The summed E-state index contributed by atoms with van der Waals surface area (Å²) in [4.78, 5) is 19.3. The van der Waals surface area contributed by atoms with Gasteiger partial charge in [0.15, 0.2) is 0 Å². The second-order valence-corrected chi connectivity index (χ2v) is 11.2. The first-order valence-electron chi connectivity index (χ1n) is 12.7. The van der Waals surface area contributed by atoms with Gasteiger partial charge in [0.25, 0.3) is 0 Å². The predicted molar refractivity (Wildman–Crippen MR) is 145 cm³/mol. The Kier molecular flexibility index (Phi) is 7.11. The van der Waals surface area contributed by atoms with Crippen LogP contribution in [0.1, 0.15) is 37.9 Å². The highest BCUT2D eigenvalue weighted by molar-refractivity contribution is 6.30. The monoisotopic (exact) mass is 506 g/mol. The number of allylic oxidation sites excluding steroid dienone is 2. The van der Waals surface area contributed by atoms with Gasteiger partial charge in [0.1, 0.15) is 5.60 Å². The van der Waals surface area contributed by atoms with E-state index in [-0.39, 0.29) is 24.3 Å². The Balaban J connectivity index is 1.34. The first-order valence-corrected chi connectivity index (χ1v) is 13.1. The zero-order valence-electron chi connectivity index (χ0n) is 21.2. The molecule has 3 heterocycles. The quantitative estimate of drug-likeness (QED) is 0.622. The minimum absolute atomic E-state index is 0.131. The Hall–Kier alpha value is -2.80. The molecule has 6 nitrogen and oxygen atoms in total. The summed E-state index contributed by atoms with van der Waals surface area (Å²) in [5.41, 5.74) is 3.18. The van der Waals surface area contributed by atoms with Gasteiger partial charge in [0.2, 0.25) is 0 Å². The van der Waals surface area contributed by atoms with Crippen molar-refractivity contribution in [1.82, 2.24) is 20.0 Å². The van der Waals surface area contributed by atoms with E-state index in [1.165, 1.54) is 16.7 Å². The van der Waals surface area contributed by atoms with E-state index >= 15 is 0 Å². The van der Waals surface area contributed by atoms with Gasteiger partial charge in [-0.15, -0.1) is 0 Å². The minimum Gasteiger partial charge on any atom is -0.444 e. The second kappa shape index (κ2) is 10.3. The van der Waals surface area contributed by atoms with Gasteiger partial charge in [-0.05, 0) is 55.7 Å². The Labute approximate surface area is 219 Å². The van der Waals surface area contributed by atoms with Crippen molar-refractivity contribution in [3.8, 4) is 0 Å². The molecule has 3 aliphatic rings. The maximum absolute atomic E-state index is 12.5. The van der Waals surface area contributed by atoms with E-state index in [0.717, 1.165) is 24.7 Å². The third kappa shape index (κ3) is 5.61. The fourth-order valence-corrected chi connectivity index (χ4v) is 5.31. The van der Waals surface area contributed by atoms with E-state index in [1.807, 2.05) is 43.9 Å². The molecule has 2 fully saturated rings. The summed E-state index contributed by atoms with van der Waals surface area (Å²) in [5.74, 6) is 0. The largest absolute Gasteiger partial charge is 0.444 e. The number of ether oxygens (including phenoxy) is 1. The maximum atomic E-state index is 12.5. The first kappa shape index (κ1) is 24.9. The first-order chi connectivity index (χ1) is 17.3.